The van der Waals surface area contributed by atoms with Crippen LogP contribution in [0.5, 0.6) is 11.5 Å². The molecule has 1 heterocycles. The summed E-state index contributed by atoms with van der Waals surface area (Å²) < 4.78 is 17.8. The van der Waals surface area contributed by atoms with Gasteiger partial charge in [-0.05, 0) is 87.9 Å². The van der Waals surface area contributed by atoms with Gasteiger partial charge in [-0.3, -0.25) is 4.79 Å². The zero-order chi connectivity index (χ0) is 26.1. The van der Waals surface area contributed by atoms with E-state index in [1.807, 2.05) is 53.4 Å². The quantitative estimate of drug-likeness (QED) is 0.404. The summed E-state index contributed by atoms with van der Waals surface area (Å²) in [5.74, 6) is 0.337. The molecule has 2 N–H and O–H groups in total. The number of anilines is 1. The molecule has 0 aliphatic carbocycles. The fraction of sp³-hybridized carbons (Fsp3) is 0.296. The molecule has 1 aromatic heterocycles. The van der Waals surface area contributed by atoms with Gasteiger partial charge in [0.1, 0.15) is 23.1 Å². The maximum absolute atomic E-state index is 12.4. The second-order valence-corrected chi connectivity index (χ2v) is 9.02. The molecular weight excluding hydrogens is 462 g/mol. The van der Waals surface area contributed by atoms with Crippen LogP contribution >= 0.6 is 0 Å². The Morgan fingerprint density at radius 2 is 1.50 bits per heavy atom. The number of ether oxygens (including phenoxy) is 3. The monoisotopic (exact) mass is 493 g/mol. The number of hydrogen-bond donors (Lipinski definition) is 2. The molecule has 1 unspecified atom stereocenters. The minimum Gasteiger partial charge on any atom is -0.467 e. The molecule has 0 aliphatic rings. The second kappa shape index (κ2) is 11.9. The molecule has 3 rings (SSSR count). The Morgan fingerprint density at radius 1 is 0.917 bits per heavy atom. The Labute approximate surface area is 210 Å². The third-order valence-corrected chi connectivity index (χ3v) is 4.95. The Hall–Kier alpha value is -4.27. The van der Waals surface area contributed by atoms with Gasteiger partial charge in [-0.1, -0.05) is 0 Å². The summed E-state index contributed by atoms with van der Waals surface area (Å²) in [5, 5.41) is 5.22. The van der Waals surface area contributed by atoms with E-state index in [0.29, 0.717) is 17.2 Å². The van der Waals surface area contributed by atoms with E-state index in [-0.39, 0.29) is 18.7 Å². The first-order valence-electron chi connectivity index (χ1n) is 11.5. The van der Waals surface area contributed by atoms with Crippen molar-refractivity contribution < 1.29 is 28.6 Å². The summed E-state index contributed by atoms with van der Waals surface area (Å²) in [6.07, 6.45) is 3.22. The van der Waals surface area contributed by atoms with Gasteiger partial charge in [0, 0.05) is 30.2 Å². The largest absolute Gasteiger partial charge is 0.467 e. The number of methoxy groups -OCH3 is 1. The molecule has 36 heavy (non-hydrogen) atoms. The topological polar surface area (TPSA) is 108 Å². The maximum atomic E-state index is 12.4. The maximum Gasteiger partial charge on any atom is 0.408 e. The van der Waals surface area contributed by atoms with Crippen molar-refractivity contribution >= 4 is 23.7 Å². The number of esters is 1. The zero-order valence-electron chi connectivity index (χ0n) is 20.8. The fourth-order valence-electron chi connectivity index (χ4n) is 3.28. The average Bonchev–Trinajstić information content (AvgIpc) is 3.37. The molecule has 2 aromatic carbocycles. The summed E-state index contributed by atoms with van der Waals surface area (Å²) in [4.78, 5) is 36.4. The van der Waals surface area contributed by atoms with E-state index < -0.39 is 23.7 Å². The van der Waals surface area contributed by atoms with Crippen molar-refractivity contribution in [3.8, 4) is 17.2 Å². The van der Waals surface area contributed by atoms with Crippen molar-refractivity contribution in [2.45, 2.75) is 45.3 Å². The molecule has 2 amide bonds. The number of aromatic nitrogens is 1. The SMILES string of the molecule is COC(=O)C(CCC(=O)Nc1ccc(Oc2ccc(-n3cccc3)cc2)cc1)NC(=O)OC(C)(C)C. The predicted molar refractivity (Wildman–Crippen MR) is 135 cm³/mol. The van der Waals surface area contributed by atoms with Gasteiger partial charge in [-0.25, -0.2) is 9.59 Å². The lowest BCUT2D eigenvalue weighted by Crippen LogP contribution is -2.44. The van der Waals surface area contributed by atoms with Crippen LogP contribution in [-0.2, 0) is 19.1 Å². The first-order valence-corrected chi connectivity index (χ1v) is 11.5. The molecule has 190 valence electrons. The zero-order valence-corrected chi connectivity index (χ0v) is 20.8. The van der Waals surface area contributed by atoms with Gasteiger partial charge in [0.25, 0.3) is 0 Å². The van der Waals surface area contributed by atoms with E-state index >= 15 is 0 Å². The van der Waals surface area contributed by atoms with E-state index in [9.17, 15) is 14.4 Å². The van der Waals surface area contributed by atoms with Crippen molar-refractivity contribution in [2.75, 3.05) is 12.4 Å². The van der Waals surface area contributed by atoms with Crippen LogP contribution in [-0.4, -0.2) is 41.3 Å². The summed E-state index contributed by atoms with van der Waals surface area (Å²) in [6.45, 7) is 5.14. The molecule has 0 fully saturated rings. The van der Waals surface area contributed by atoms with E-state index in [0.717, 1.165) is 5.69 Å². The van der Waals surface area contributed by atoms with Crippen LogP contribution in [0.25, 0.3) is 5.69 Å². The van der Waals surface area contributed by atoms with Gasteiger partial charge in [0.2, 0.25) is 5.91 Å². The minimum absolute atomic E-state index is 0.0123. The van der Waals surface area contributed by atoms with Crippen molar-refractivity contribution in [3.63, 3.8) is 0 Å². The van der Waals surface area contributed by atoms with Crippen LogP contribution in [0.4, 0.5) is 10.5 Å². The first kappa shape index (κ1) is 26.3. The van der Waals surface area contributed by atoms with E-state index in [4.69, 9.17) is 14.2 Å². The highest BCUT2D eigenvalue weighted by molar-refractivity contribution is 5.91. The number of carbonyl (C=O) groups is 3. The molecule has 9 heteroatoms. The third kappa shape index (κ3) is 8.19. The molecular formula is C27H31N3O6. The number of amides is 2. The number of rotatable bonds is 9. The smallest absolute Gasteiger partial charge is 0.408 e. The van der Waals surface area contributed by atoms with E-state index in [1.165, 1.54) is 7.11 Å². The van der Waals surface area contributed by atoms with Crippen molar-refractivity contribution in [1.29, 1.82) is 0 Å². The number of nitrogens with zero attached hydrogens (tertiary/aromatic N) is 1. The predicted octanol–water partition coefficient (Wildman–Crippen LogP) is 5.05. The lowest BCUT2D eigenvalue weighted by atomic mass is 10.1. The molecule has 0 spiro atoms. The number of carbonyl (C=O) groups excluding carboxylic acids is 3. The second-order valence-electron chi connectivity index (χ2n) is 9.02. The van der Waals surface area contributed by atoms with Crippen molar-refractivity contribution in [1.82, 2.24) is 9.88 Å². The first-order chi connectivity index (χ1) is 17.1. The highest BCUT2D eigenvalue weighted by atomic mass is 16.6. The minimum atomic E-state index is -1.00. The normalized spacial score (nSPS) is 11.8. The van der Waals surface area contributed by atoms with E-state index in [2.05, 4.69) is 10.6 Å². The van der Waals surface area contributed by atoms with E-state index in [1.54, 1.807) is 45.0 Å². The van der Waals surface area contributed by atoms with Crippen LogP contribution < -0.4 is 15.4 Å². The lowest BCUT2D eigenvalue weighted by Gasteiger charge is -2.22. The standard InChI is InChI=1S/C27H31N3O6/c1-27(2,3)36-26(33)29-23(25(32)34-4)15-16-24(31)28-19-7-11-21(12-8-19)35-22-13-9-20(10-14-22)30-17-5-6-18-30/h5-14,17-18,23H,15-16H2,1-4H3,(H,28,31)(H,29,33). The van der Waals surface area contributed by atoms with Crippen LogP contribution in [0, 0.1) is 0 Å². The van der Waals surface area contributed by atoms with Crippen LogP contribution in [0.15, 0.2) is 73.1 Å². The summed E-state index contributed by atoms with van der Waals surface area (Å²) in [7, 11) is 1.21. The average molecular weight is 494 g/mol. The van der Waals surface area contributed by atoms with Gasteiger partial charge >= 0.3 is 12.1 Å². The summed E-state index contributed by atoms with van der Waals surface area (Å²) in [5.41, 5.74) is 0.885. The number of alkyl carbamates (subject to hydrolysis) is 1. The highest BCUT2D eigenvalue weighted by Crippen LogP contribution is 2.24. The van der Waals surface area contributed by atoms with Gasteiger partial charge in [-0.15, -0.1) is 0 Å². The molecule has 0 radical (unpaired) electrons. The summed E-state index contributed by atoms with van der Waals surface area (Å²) in [6, 6.07) is 17.5. The molecule has 0 bridgehead atoms. The van der Waals surface area contributed by atoms with Crippen molar-refractivity contribution in [3.05, 3.63) is 73.1 Å². The molecule has 3 aromatic rings. The van der Waals surface area contributed by atoms with Crippen LogP contribution in [0.1, 0.15) is 33.6 Å². The lowest BCUT2D eigenvalue weighted by molar-refractivity contribution is -0.143. The van der Waals surface area contributed by atoms with Gasteiger partial charge in [0.15, 0.2) is 0 Å². The number of benzene rings is 2. The number of hydrogen-bond acceptors (Lipinski definition) is 6. The van der Waals surface area contributed by atoms with Crippen molar-refractivity contribution in [2.24, 2.45) is 0 Å². The summed E-state index contributed by atoms with van der Waals surface area (Å²) >= 11 is 0. The Kier molecular flexibility index (Phi) is 8.72. The van der Waals surface area contributed by atoms with Crippen LogP contribution in [0.3, 0.4) is 0 Å². The fourth-order valence-corrected chi connectivity index (χ4v) is 3.28. The Bertz CT molecular complexity index is 1150. The van der Waals surface area contributed by atoms with Gasteiger partial charge < -0.3 is 29.4 Å². The number of nitrogens with one attached hydrogen (secondary N) is 2. The van der Waals surface area contributed by atoms with Gasteiger partial charge in [-0.2, -0.15) is 0 Å². The molecule has 1 atom stereocenters. The Balaban J connectivity index is 1.50. The molecule has 9 nitrogen and oxygen atoms in total. The van der Waals surface area contributed by atoms with Crippen LogP contribution in [0.2, 0.25) is 0 Å². The molecule has 0 saturated carbocycles. The highest BCUT2D eigenvalue weighted by Gasteiger charge is 2.25. The Morgan fingerprint density at radius 3 is 2.06 bits per heavy atom. The molecule has 0 saturated heterocycles. The van der Waals surface area contributed by atoms with Gasteiger partial charge in [0.05, 0.1) is 7.11 Å². The molecule has 0 aliphatic heterocycles. The third-order valence-electron chi connectivity index (χ3n) is 4.95.